The predicted molar refractivity (Wildman–Crippen MR) is 116 cm³/mol. The Labute approximate surface area is 191 Å². The second-order valence-corrected chi connectivity index (χ2v) is 7.82. The van der Waals surface area contributed by atoms with Gasteiger partial charge in [0.2, 0.25) is 0 Å². The molecule has 8 nitrogen and oxygen atoms in total. The maximum atomic E-state index is 13.0. The Kier molecular flexibility index (Phi) is 5.73. The molecule has 1 N–H and O–H groups in total. The van der Waals surface area contributed by atoms with E-state index < -0.39 is 28.4 Å². The molecule has 162 valence electrons. The topological polar surface area (TPSA) is 114 Å². The van der Waals surface area contributed by atoms with Gasteiger partial charge in [-0.05, 0) is 29.8 Å². The summed E-state index contributed by atoms with van der Waals surface area (Å²) in [5, 5.41) is 22.7. The fourth-order valence-corrected chi connectivity index (χ4v) is 4.09. The summed E-state index contributed by atoms with van der Waals surface area (Å²) in [4.78, 5) is 37.7. The molecule has 1 amide bonds. The van der Waals surface area contributed by atoms with E-state index in [9.17, 15) is 24.8 Å². The van der Waals surface area contributed by atoms with Gasteiger partial charge in [-0.1, -0.05) is 41.4 Å². The minimum absolute atomic E-state index is 0.0188. The third kappa shape index (κ3) is 3.86. The van der Waals surface area contributed by atoms with Crippen molar-refractivity contribution >= 4 is 46.3 Å². The molecule has 0 radical (unpaired) electrons. The number of aliphatic hydroxyl groups is 1. The molecular weight excluding hydrogens is 459 g/mol. The van der Waals surface area contributed by atoms with Crippen molar-refractivity contribution in [3.05, 3.63) is 103 Å². The van der Waals surface area contributed by atoms with E-state index in [1.54, 1.807) is 24.3 Å². The minimum Gasteiger partial charge on any atom is -0.507 e. The molecule has 1 fully saturated rings. The van der Waals surface area contributed by atoms with Crippen LogP contribution >= 0.6 is 23.2 Å². The number of carbonyl (C=O) groups excluding carboxylic acids is 2. The number of hydrogen-bond acceptors (Lipinski definition) is 6. The van der Waals surface area contributed by atoms with Crippen molar-refractivity contribution in [3.63, 3.8) is 0 Å². The fourth-order valence-electron chi connectivity index (χ4n) is 3.58. The van der Waals surface area contributed by atoms with Crippen LogP contribution in [0.3, 0.4) is 0 Å². The first-order chi connectivity index (χ1) is 15.3. The number of furan rings is 1. The quantitative estimate of drug-likeness (QED) is 0.181. The van der Waals surface area contributed by atoms with Crippen molar-refractivity contribution in [2.24, 2.45) is 0 Å². The van der Waals surface area contributed by atoms with E-state index in [1.165, 1.54) is 35.4 Å². The molecule has 0 spiro atoms. The van der Waals surface area contributed by atoms with E-state index in [2.05, 4.69) is 0 Å². The number of rotatable bonds is 5. The molecule has 0 saturated carbocycles. The third-order valence-electron chi connectivity index (χ3n) is 5.03. The van der Waals surface area contributed by atoms with Crippen molar-refractivity contribution in [2.45, 2.75) is 12.6 Å². The van der Waals surface area contributed by atoms with Gasteiger partial charge in [-0.25, -0.2) is 0 Å². The summed E-state index contributed by atoms with van der Waals surface area (Å²) in [5.41, 5.74) is -0.148. The van der Waals surface area contributed by atoms with Gasteiger partial charge >= 0.3 is 0 Å². The van der Waals surface area contributed by atoms with Crippen LogP contribution in [-0.2, 0) is 16.1 Å². The summed E-state index contributed by atoms with van der Waals surface area (Å²) in [6.07, 6.45) is 1.43. The maximum absolute atomic E-state index is 13.0. The monoisotopic (exact) mass is 472 g/mol. The van der Waals surface area contributed by atoms with E-state index in [1.807, 2.05) is 0 Å². The summed E-state index contributed by atoms with van der Waals surface area (Å²) >= 11 is 12.4. The van der Waals surface area contributed by atoms with E-state index >= 15 is 0 Å². The number of hydrogen-bond donors (Lipinski definition) is 1. The molecule has 0 bridgehead atoms. The number of amides is 1. The number of nitro benzene ring substituents is 1. The first-order valence-electron chi connectivity index (χ1n) is 9.28. The van der Waals surface area contributed by atoms with Crippen molar-refractivity contribution in [2.75, 3.05) is 0 Å². The normalized spacial score (nSPS) is 17.7. The number of non-ortho nitro benzene ring substituents is 1. The van der Waals surface area contributed by atoms with Crippen molar-refractivity contribution in [3.8, 4) is 0 Å². The lowest BCUT2D eigenvalue weighted by Gasteiger charge is -2.25. The predicted octanol–water partition coefficient (Wildman–Crippen LogP) is 5.12. The molecule has 2 heterocycles. The van der Waals surface area contributed by atoms with Crippen LogP contribution < -0.4 is 0 Å². The molecule has 2 aromatic carbocycles. The first-order valence-corrected chi connectivity index (χ1v) is 10.0. The molecule has 0 aliphatic carbocycles. The number of aliphatic hydroxyl groups excluding tert-OH is 1. The molecule has 4 rings (SSSR count). The van der Waals surface area contributed by atoms with E-state index in [-0.39, 0.29) is 28.4 Å². The Balaban J connectivity index is 1.91. The summed E-state index contributed by atoms with van der Waals surface area (Å²) in [7, 11) is 0. The molecule has 1 aromatic heterocycles. The lowest BCUT2D eigenvalue weighted by atomic mass is 9.95. The lowest BCUT2D eigenvalue weighted by molar-refractivity contribution is -0.384. The van der Waals surface area contributed by atoms with Crippen LogP contribution in [-0.4, -0.2) is 26.6 Å². The van der Waals surface area contributed by atoms with Crippen LogP contribution in [0.2, 0.25) is 10.0 Å². The highest BCUT2D eigenvalue weighted by Gasteiger charge is 2.47. The van der Waals surface area contributed by atoms with Crippen LogP contribution in [0.5, 0.6) is 0 Å². The SMILES string of the molecule is O=C1C(=O)N(Cc2ccco2)C(c2ccc(Cl)cc2Cl)/C1=C(\O)c1cccc([N+](=O)[O-])c1. The molecule has 1 aliphatic heterocycles. The standard InChI is InChI=1S/C22H14Cl2N2O6/c23-13-6-7-16(17(24)10-13)19-18(20(27)12-3-1-4-14(9-12)26(30)31)21(28)22(29)25(19)11-15-5-2-8-32-15/h1-10,19,27H,11H2/b20-18+. The van der Waals surface area contributed by atoms with Crippen molar-refractivity contribution < 1.29 is 24.0 Å². The largest absolute Gasteiger partial charge is 0.507 e. The van der Waals surface area contributed by atoms with Gasteiger partial charge in [0.1, 0.15) is 11.5 Å². The number of nitro groups is 1. The summed E-state index contributed by atoms with van der Waals surface area (Å²) in [6, 6.07) is 11.9. The van der Waals surface area contributed by atoms with Crippen molar-refractivity contribution in [1.29, 1.82) is 0 Å². The Morgan fingerprint density at radius 2 is 1.91 bits per heavy atom. The summed E-state index contributed by atoms with van der Waals surface area (Å²) in [5.74, 6) is -1.96. The smallest absolute Gasteiger partial charge is 0.296 e. The summed E-state index contributed by atoms with van der Waals surface area (Å²) < 4.78 is 5.32. The van der Waals surface area contributed by atoms with E-state index in [4.69, 9.17) is 27.6 Å². The van der Waals surface area contributed by atoms with Crippen LogP contribution in [0.25, 0.3) is 5.76 Å². The number of ketones is 1. The number of benzene rings is 2. The van der Waals surface area contributed by atoms with E-state index in [0.29, 0.717) is 16.3 Å². The lowest BCUT2D eigenvalue weighted by Crippen LogP contribution is -2.29. The number of carbonyl (C=O) groups is 2. The molecular formula is C22H14Cl2N2O6. The molecule has 3 aromatic rings. The Hall–Kier alpha value is -3.62. The highest BCUT2D eigenvalue weighted by molar-refractivity contribution is 6.47. The van der Waals surface area contributed by atoms with Gasteiger partial charge in [0.05, 0.1) is 29.3 Å². The minimum atomic E-state index is -1.07. The maximum Gasteiger partial charge on any atom is 0.296 e. The van der Waals surface area contributed by atoms with Crippen LogP contribution in [0.15, 0.2) is 70.9 Å². The molecule has 32 heavy (non-hydrogen) atoms. The highest BCUT2D eigenvalue weighted by Crippen LogP contribution is 2.43. The average molecular weight is 473 g/mol. The van der Waals surface area contributed by atoms with Crippen LogP contribution in [0.1, 0.15) is 22.9 Å². The van der Waals surface area contributed by atoms with Gasteiger partial charge in [-0.3, -0.25) is 19.7 Å². The van der Waals surface area contributed by atoms with Crippen molar-refractivity contribution in [1.82, 2.24) is 4.90 Å². The zero-order chi connectivity index (χ0) is 23.0. The zero-order valence-electron chi connectivity index (χ0n) is 16.2. The van der Waals surface area contributed by atoms with Gasteiger partial charge < -0.3 is 14.4 Å². The second-order valence-electron chi connectivity index (χ2n) is 6.98. The first kappa shape index (κ1) is 21.6. The Morgan fingerprint density at radius 1 is 1.12 bits per heavy atom. The molecule has 1 aliphatic rings. The number of Topliss-reactive ketones (excluding diaryl/α,β-unsaturated/α-hetero) is 1. The van der Waals surface area contributed by atoms with Gasteiger partial charge in [0, 0.05) is 27.7 Å². The second kappa shape index (κ2) is 8.49. The Bertz CT molecular complexity index is 1270. The van der Waals surface area contributed by atoms with Gasteiger partial charge in [-0.15, -0.1) is 0 Å². The van der Waals surface area contributed by atoms with Crippen LogP contribution in [0, 0.1) is 10.1 Å². The van der Waals surface area contributed by atoms with Gasteiger partial charge in [-0.2, -0.15) is 0 Å². The fraction of sp³-hybridized carbons (Fsp3) is 0.0909. The average Bonchev–Trinajstić information content (AvgIpc) is 3.36. The highest BCUT2D eigenvalue weighted by atomic mass is 35.5. The molecule has 1 saturated heterocycles. The summed E-state index contributed by atoms with van der Waals surface area (Å²) in [6.45, 7) is -0.0626. The number of likely N-dealkylation sites (tertiary alicyclic amines) is 1. The van der Waals surface area contributed by atoms with Crippen LogP contribution in [0.4, 0.5) is 5.69 Å². The molecule has 10 heteroatoms. The van der Waals surface area contributed by atoms with E-state index in [0.717, 1.165) is 6.07 Å². The number of nitrogens with zero attached hydrogens (tertiary/aromatic N) is 2. The number of halogens is 2. The third-order valence-corrected chi connectivity index (χ3v) is 5.60. The molecule has 1 atom stereocenters. The van der Waals surface area contributed by atoms with Gasteiger partial charge in [0.25, 0.3) is 17.4 Å². The zero-order valence-corrected chi connectivity index (χ0v) is 17.7. The van der Waals surface area contributed by atoms with Gasteiger partial charge in [0.15, 0.2) is 0 Å². The molecule has 1 unspecified atom stereocenters. The Morgan fingerprint density at radius 3 is 2.56 bits per heavy atom.